The minimum absolute atomic E-state index is 0.165. The van der Waals surface area contributed by atoms with Crippen LogP contribution in [0.5, 0.6) is 0 Å². The highest BCUT2D eigenvalue weighted by Gasteiger charge is 2.25. The molecule has 2 aromatic rings. The van der Waals surface area contributed by atoms with Gasteiger partial charge in [-0.3, -0.25) is 4.98 Å². The van der Waals surface area contributed by atoms with Crippen molar-refractivity contribution in [1.82, 2.24) is 4.98 Å². The van der Waals surface area contributed by atoms with E-state index in [0.29, 0.717) is 10.7 Å². The van der Waals surface area contributed by atoms with E-state index in [-0.39, 0.29) is 11.6 Å². The molecule has 0 bridgehead atoms. The number of pyridine rings is 1. The number of rotatable bonds is 5. The molecule has 0 atom stereocenters. The molecule has 0 amide bonds. The number of carbonyl (C=O) groups excluding carboxylic acids is 1. The lowest BCUT2D eigenvalue weighted by atomic mass is 10.1. The van der Waals surface area contributed by atoms with Crippen LogP contribution in [0.3, 0.4) is 0 Å². The van der Waals surface area contributed by atoms with Crippen molar-refractivity contribution in [3.05, 3.63) is 64.6 Å². The molecular formula is C19H18ClN3O2. The lowest BCUT2D eigenvalue weighted by Gasteiger charge is -2.20. The van der Waals surface area contributed by atoms with Gasteiger partial charge in [0.15, 0.2) is 5.70 Å². The van der Waals surface area contributed by atoms with Gasteiger partial charge in [-0.1, -0.05) is 23.7 Å². The Morgan fingerprint density at radius 3 is 2.52 bits per heavy atom. The van der Waals surface area contributed by atoms with Gasteiger partial charge < -0.3 is 9.64 Å². The van der Waals surface area contributed by atoms with Gasteiger partial charge in [-0.15, -0.1) is 0 Å². The van der Waals surface area contributed by atoms with Crippen molar-refractivity contribution in [3.63, 3.8) is 0 Å². The van der Waals surface area contributed by atoms with Crippen molar-refractivity contribution in [2.45, 2.75) is 13.8 Å². The molecule has 0 N–H and O–H groups in total. The zero-order chi connectivity index (χ0) is 17.8. The molecule has 6 heteroatoms. The van der Waals surface area contributed by atoms with Gasteiger partial charge in [0.05, 0.1) is 0 Å². The first-order valence-electron chi connectivity index (χ1n) is 8.10. The van der Waals surface area contributed by atoms with Gasteiger partial charge >= 0.3 is 5.97 Å². The summed E-state index contributed by atoms with van der Waals surface area (Å²) in [6.45, 7) is 6.13. The number of benzene rings is 1. The minimum atomic E-state index is -0.496. The van der Waals surface area contributed by atoms with Crippen LogP contribution in [0.4, 0.5) is 5.69 Å². The third-order valence-electron chi connectivity index (χ3n) is 3.89. The van der Waals surface area contributed by atoms with E-state index < -0.39 is 5.97 Å². The number of aromatic nitrogens is 1. The Balaban J connectivity index is 1.84. The molecular weight excluding hydrogens is 338 g/mol. The Bertz CT molecular complexity index is 840. The lowest BCUT2D eigenvalue weighted by molar-refractivity contribution is -0.129. The van der Waals surface area contributed by atoms with Crippen LogP contribution in [0.1, 0.15) is 25.1 Å². The molecule has 1 aliphatic heterocycles. The molecule has 1 aromatic heterocycles. The number of aliphatic imine (C=N–C) groups is 1. The Labute approximate surface area is 151 Å². The molecule has 0 spiro atoms. The van der Waals surface area contributed by atoms with Gasteiger partial charge in [0.1, 0.15) is 5.69 Å². The fourth-order valence-electron chi connectivity index (χ4n) is 2.57. The predicted molar refractivity (Wildman–Crippen MR) is 99.9 cm³/mol. The van der Waals surface area contributed by atoms with Crippen LogP contribution in [0.2, 0.25) is 5.02 Å². The normalized spacial score (nSPS) is 15.2. The Morgan fingerprint density at radius 1 is 1.16 bits per heavy atom. The lowest BCUT2D eigenvalue weighted by Crippen LogP contribution is -2.21. The number of hydrogen-bond acceptors (Lipinski definition) is 5. The number of anilines is 1. The third kappa shape index (κ3) is 3.88. The molecule has 5 nitrogen and oxygen atoms in total. The molecule has 0 fully saturated rings. The van der Waals surface area contributed by atoms with Gasteiger partial charge in [-0.2, -0.15) is 0 Å². The zero-order valence-electron chi connectivity index (χ0n) is 14.1. The summed E-state index contributed by atoms with van der Waals surface area (Å²) >= 11 is 5.94. The first-order chi connectivity index (χ1) is 12.1. The standard InChI is InChI=1S/C19H18ClN3O2/c1-3-23(4-2)15-7-5-13(6-8-15)11-17-19(24)25-18(22-17)16-12-14(20)9-10-21-16/h5-12H,3-4H2,1-2H3/b17-11-. The molecule has 0 saturated carbocycles. The molecule has 1 aliphatic rings. The van der Waals surface area contributed by atoms with Gasteiger partial charge in [-0.25, -0.2) is 9.79 Å². The number of hydrogen-bond donors (Lipinski definition) is 0. The van der Waals surface area contributed by atoms with E-state index in [1.807, 2.05) is 24.3 Å². The van der Waals surface area contributed by atoms with Crippen LogP contribution in [-0.2, 0) is 9.53 Å². The summed E-state index contributed by atoms with van der Waals surface area (Å²) in [5, 5.41) is 0.508. The van der Waals surface area contributed by atoms with Gasteiger partial charge in [0.25, 0.3) is 0 Å². The van der Waals surface area contributed by atoms with Crippen LogP contribution in [-0.4, -0.2) is 29.9 Å². The summed E-state index contributed by atoms with van der Waals surface area (Å²) in [5.74, 6) is -0.330. The van der Waals surface area contributed by atoms with E-state index in [1.54, 1.807) is 24.4 Å². The highest BCUT2D eigenvalue weighted by molar-refractivity contribution is 6.31. The topological polar surface area (TPSA) is 54.8 Å². The first-order valence-corrected chi connectivity index (χ1v) is 8.48. The number of cyclic esters (lactones) is 1. The maximum atomic E-state index is 12.0. The summed E-state index contributed by atoms with van der Waals surface area (Å²) < 4.78 is 5.20. The van der Waals surface area contributed by atoms with Crippen molar-refractivity contribution in [2.75, 3.05) is 18.0 Å². The van der Waals surface area contributed by atoms with E-state index in [4.69, 9.17) is 16.3 Å². The second kappa shape index (κ2) is 7.49. The van der Waals surface area contributed by atoms with Crippen LogP contribution in [0.25, 0.3) is 6.08 Å². The summed E-state index contributed by atoms with van der Waals surface area (Å²) in [5.41, 5.74) is 2.70. The van der Waals surface area contributed by atoms with Crippen LogP contribution in [0.15, 0.2) is 53.3 Å². The first kappa shape index (κ1) is 17.2. The number of esters is 1. The average molecular weight is 356 g/mol. The Kier molecular flexibility index (Phi) is 5.14. The second-order valence-corrected chi connectivity index (χ2v) is 5.90. The van der Waals surface area contributed by atoms with Crippen LogP contribution in [0, 0.1) is 0 Å². The molecule has 1 aromatic carbocycles. The number of halogens is 1. The maximum absolute atomic E-state index is 12.0. The number of carbonyl (C=O) groups is 1. The number of nitrogens with zero attached hydrogens (tertiary/aromatic N) is 3. The summed E-state index contributed by atoms with van der Waals surface area (Å²) in [6.07, 6.45) is 3.24. The van der Waals surface area contributed by atoms with E-state index >= 15 is 0 Å². The minimum Gasteiger partial charge on any atom is -0.400 e. The third-order valence-corrected chi connectivity index (χ3v) is 4.12. The molecule has 0 aliphatic carbocycles. The summed E-state index contributed by atoms with van der Waals surface area (Å²) in [6, 6.07) is 11.2. The predicted octanol–water partition coefficient (Wildman–Crippen LogP) is 3.93. The highest BCUT2D eigenvalue weighted by Crippen LogP contribution is 2.21. The fraction of sp³-hybridized carbons (Fsp3) is 0.211. The van der Waals surface area contributed by atoms with E-state index in [1.165, 1.54) is 0 Å². The zero-order valence-corrected chi connectivity index (χ0v) is 14.8. The molecule has 25 heavy (non-hydrogen) atoms. The van der Waals surface area contributed by atoms with E-state index in [9.17, 15) is 4.79 Å². The van der Waals surface area contributed by atoms with Crippen LogP contribution < -0.4 is 4.90 Å². The van der Waals surface area contributed by atoms with E-state index in [2.05, 4.69) is 28.7 Å². The largest absolute Gasteiger partial charge is 0.400 e. The molecule has 0 unspecified atom stereocenters. The van der Waals surface area contributed by atoms with Gasteiger partial charge in [0, 0.05) is 30.0 Å². The summed E-state index contributed by atoms with van der Waals surface area (Å²) in [4.78, 5) is 22.7. The fourth-order valence-corrected chi connectivity index (χ4v) is 2.73. The van der Waals surface area contributed by atoms with Crippen LogP contribution >= 0.6 is 11.6 Å². The second-order valence-electron chi connectivity index (χ2n) is 5.46. The molecule has 0 radical (unpaired) electrons. The quantitative estimate of drug-likeness (QED) is 0.602. The van der Waals surface area contributed by atoms with Crippen molar-refractivity contribution >= 4 is 35.2 Å². The van der Waals surface area contributed by atoms with E-state index in [0.717, 1.165) is 24.3 Å². The van der Waals surface area contributed by atoms with Crippen molar-refractivity contribution < 1.29 is 9.53 Å². The van der Waals surface area contributed by atoms with Crippen molar-refractivity contribution in [3.8, 4) is 0 Å². The Morgan fingerprint density at radius 2 is 1.88 bits per heavy atom. The maximum Gasteiger partial charge on any atom is 0.363 e. The number of ether oxygens (including phenoxy) is 1. The van der Waals surface area contributed by atoms with Crippen molar-refractivity contribution in [1.29, 1.82) is 0 Å². The molecule has 2 heterocycles. The summed E-state index contributed by atoms with van der Waals surface area (Å²) in [7, 11) is 0. The smallest absolute Gasteiger partial charge is 0.363 e. The Hall–Kier alpha value is -2.66. The monoisotopic (exact) mass is 355 g/mol. The highest BCUT2D eigenvalue weighted by atomic mass is 35.5. The average Bonchev–Trinajstić information content (AvgIpc) is 2.98. The van der Waals surface area contributed by atoms with Crippen molar-refractivity contribution in [2.24, 2.45) is 4.99 Å². The molecule has 0 saturated heterocycles. The molecule has 3 rings (SSSR count). The molecule has 128 valence electrons. The van der Waals surface area contributed by atoms with Gasteiger partial charge in [0.2, 0.25) is 5.90 Å². The van der Waals surface area contributed by atoms with Gasteiger partial charge in [-0.05, 0) is 49.8 Å². The SMILES string of the molecule is CCN(CC)c1ccc(/C=C2\N=C(c3cc(Cl)ccn3)OC2=O)cc1.